The lowest BCUT2D eigenvalue weighted by atomic mass is 10.1. The topological polar surface area (TPSA) is 15.3 Å². The van der Waals surface area contributed by atoms with Gasteiger partial charge in [0.1, 0.15) is 5.82 Å². The minimum atomic E-state index is -0.0858. The molecular formula is C18H29FN2. The van der Waals surface area contributed by atoms with Crippen LogP contribution in [0.25, 0.3) is 0 Å². The normalized spacial score (nSPS) is 15.3. The van der Waals surface area contributed by atoms with E-state index in [2.05, 4.69) is 37.9 Å². The Kier molecular flexibility index (Phi) is 5.26. The number of nitrogens with one attached hydrogen (secondary N) is 1. The number of benzene rings is 1. The molecule has 0 radical (unpaired) electrons. The smallest absolute Gasteiger partial charge is 0.146 e. The molecule has 0 aliphatic heterocycles. The molecule has 2 rings (SSSR count). The van der Waals surface area contributed by atoms with Gasteiger partial charge in [0.2, 0.25) is 0 Å². The molecule has 21 heavy (non-hydrogen) atoms. The maximum absolute atomic E-state index is 14.4. The molecule has 3 heteroatoms. The van der Waals surface area contributed by atoms with Crippen LogP contribution in [0.2, 0.25) is 0 Å². The van der Waals surface area contributed by atoms with Crippen LogP contribution in [0.15, 0.2) is 18.2 Å². The molecule has 0 amide bonds. The van der Waals surface area contributed by atoms with Crippen LogP contribution >= 0.6 is 0 Å². The fraction of sp³-hybridized carbons (Fsp3) is 0.667. The number of nitrogens with zero attached hydrogens (tertiary/aromatic N) is 1. The fourth-order valence-corrected chi connectivity index (χ4v) is 2.48. The molecule has 1 aliphatic carbocycles. The van der Waals surface area contributed by atoms with Crippen LogP contribution in [0, 0.1) is 11.7 Å². The lowest BCUT2D eigenvalue weighted by Gasteiger charge is -2.25. The van der Waals surface area contributed by atoms with Crippen molar-refractivity contribution in [1.29, 1.82) is 0 Å². The second-order valence-electron chi connectivity index (χ2n) is 7.28. The third kappa shape index (κ3) is 5.31. The van der Waals surface area contributed by atoms with Gasteiger partial charge in [-0.1, -0.05) is 13.0 Å². The lowest BCUT2D eigenvalue weighted by molar-refractivity contribution is 0.423. The van der Waals surface area contributed by atoms with Crippen molar-refractivity contribution in [1.82, 2.24) is 5.32 Å². The molecule has 2 nitrogen and oxygen atoms in total. The predicted octanol–water partition coefficient (Wildman–Crippen LogP) is 4.34. The van der Waals surface area contributed by atoms with Gasteiger partial charge >= 0.3 is 0 Å². The first-order chi connectivity index (χ1) is 9.89. The monoisotopic (exact) mass is 292 g/mol. The zero-order valence-corrected chi connectivity index (χ0v) is 13.9. The number of hydrogen-bond donors (Lipinski definition) is 1. The molecule has 0 saturated heterocycles. The van der Waals surface area contributed by atoms with Crippen molar-refractivity contribution in [3.8, 4) is 0 Å². The van der Waals surface area contributed by atoms with E-state index in [1.165, 1.54) is 12.8 Å². The number of hydrogen-bond acceptors (Lipinski definition) is 2. The molecule has 1 aromatic rings. The van der Waals surface area contributed by atoms with Crippen molar-refractivity contribution >= 4 is 5.69 Å². The minimum absolute atomic E-state index is 0.0510. The molecule has 1 fully saturated rings. The SMILES string of the molecule is CCCN(CC1CC1)c1ccc(CNC(C)(C)C)cc1F. The van der Waals surface area contributed by atoms with Crippen LogP contribution < -0.4 is 10.2 Å². The van der Waals surface area contributed by atoms with Crippen molar-refractivity contribution < 1.29 is 4.39 Å². The quantitative estimate of drug-likeness (QED) is 0.804. The zero-order chi connectivity index (χ0) is 15.5. The third-order valence-electron chi connectivity index (χ3n) is 3.84. The average molecular weight is 292 g/mol. The van der Waals surface area contributed by atoms with E-state index in [9.17, 15) is 4.39 Å². The van der Waals surface area contributed by atoms with Crippen LogP contribution in [-0.4, -0.2) is 18.6 Å². The van der Waals surface area contributed by atoms with Gasteiger partial charge in [-0.25, -0.2) is 4.39 Å². The van der Waals surface area contributed by atoms with Gasteiger partial charge in [0.05, 0.1) is 5.69 Å². The summed E-state index contributed by atoms with van der Waals surface area (Å²) in [6.07, 6.45) is 3.66. The van der Waals surface area contributed by atoms with Crippen LogP contribution in [-0.2, 0) is 6.54 Å². The summed E-state index contributed by atoms with van der Waals surface area (Å²) in [6, 6.07) is 5.68. The number of halogens is 1. The van der Waals surface area contributed by atoms with E-state index >= 15 is 0 Å². The lowest BCUT2D eigenvalue weighted by Crippen LogP contribution is -2.35. The largest absolute Gasteiger partial charge is 0.369 e. The number of rotatable bonds is 7. The number of anilines is 1. The molecular weight excluding hydrogens is 263 g/mol. The van der Waals surface area contributed by atoms with Crippen LogP contribution in [0.1, 0.15) is 52.5 Å². The summed E-state index contributed by atoms with van der Waals surface area (Å²) in [6.45, 7) is 11.2. The van der Waals surface area contributed by atoms with E-state index in [1.54, 1.807) is 6.07 Å². The van der Waals surface area contributed by atoms with Gasteiger partial charge < -0.3 is 10.2 Å². The van der Waals surface area contributed by atoms with E-state index < -0.39 is 0 Å². The summed E-state index contributed by atoms with van der Waals surface area (Å²) >= 11 is 0. The first-order valence-electron chi connectivity index (χ1n) is 8.17. The molecule has 118 valence electrons. The Morgan fingerprint density at radius 3 is 2.52 bits per heavy atom. The maximum Gasteiger partial charge on any atom is 0.146 e. The van der Waals surface area contributed by atoms with E-state index in [0.29, 0.717) is 6.54 Å². The summed E-state index contributed by atoms with van der Waals surface area (Å²) in [5, 5.41) is 3.40. The summed E-state index contributed by atoms with van der Waals surface area (Å²) in [7, 11) is 0. The fourth-order valence-electron chi connectivity index (χ4n) is 2.48. The third-order valence-corrected chi connectivity index (χ3v) is 3.84. The first kappa shape index (κ1) is 16.3. The minimum Gasteiger partial charge on any atom is -0.369 e. The summed E-state index contributed by atoms with van der Waals surface area (Å²) < 4.78 is 14.4. The van der Waals surface area contributed by atoms with Crippen molar-refractivity contribution in [2.45, 2.75) is 59.0 Å². The highest BCUT2D eigenvalue weighted by atomic mass is 19.1. The summed E-state index contributed by atoms with van der Waals surface area (Å²) in [5.74, 6) is 0.690. The molecule has 0 unspecified atom stereocenters. The van der Waals surface area contributed by atoms with Gasteiger partial charge in [-0.05, 0) is 63.6 Å². The first-order valence-corrected chi connectivity index (χ1v) is 8.17. The highest BCUT2D eigenvalue weighted by Crippen LogP contribution is 2.32. The van der Waals surface area contributed by atoms with E-state index in [1.807, 2.05) is 12.1 Å². The van der Waals surface area contributed by atoms with E-state index in [-0.39, 0.29) is 11.4 Å². The second-order valence-corrected chi connectivity index (χ2v) is 7.28. The standard InChI is InChI=1S/C18H29FN2/c1-5-10-21(13-14-6-7-14)17-9-8-15(11-16(17)19)12-20-18(2,3)4/h8-9,11,14,20H,5-7,10,12-13H2,1-4H3. The molecule has 1 aliphatic rings. The van der Waals surface area contributed by atoms with Crippen LogP contribution in [0.3, 0.4) is 0 Å². The Balaban J connectivity index is 2.05. The second kappa shape index (κ2) is 6.78. The highest BCUT2D eigenvalue weighted by molar-refractivity contribution is 5.49. The summed E-state index contributed by atoms with van der Waals surface area (Å²) in [5.41, 5.74) is 1.83. The van der Waals surface area contributed by atoms with E-state index in [4.69, 9.17) is 0 Å². The van der Waals surface area contributed by atoms with Crippen LogP contribution in [0.4, 0.5) is 10.1 Å². The molecule has 1 aromatic carbocycles. The Morgan fingerprint density at radius 1 is 1.29 bits per heavy atom. The molecule has 1 saturated carbocycles. The van der Waals surface area contributed by atoms with Crippen molar-refractivity contribution in [2.75, 3.05) is 18.0 Å². The Bertz CT molecular complexity index is 461. The maximum atomic E-state index is 14.4. The van der Waals surface area contributed by atoms with Crippen LogP contribution in [0.5, 0.6) is 0 Å². The van der Waals surface area contributed by atoms with Gasteiger partial charge in [0, 0.05) is 25.2 Å². The molecule has 0 bridgehead atoms. The van der Waals surface area contributed by atoms with Crippen molar-refractivity contribution in [2.24, 2.45) is 5.92 Å². The average Bonchev–Trinajstić information content (AvgIpc) is 3.19. The van der Waals surface area contributed by atoms with Gasteiger partial charge in [-0.3, -0.25) is 0 Å². The Hall–Kier alpha value is -1.09. The molecule has 1 N–H and O–H groups in total. The highest BCUT2D eigenvalue weighted by Gasteiger charge is 2.25. The van der Waals surface area contributed by atoms with Gasteiger partial charge in [0.15, 0.2) is 0 Å². The van der Waals surface area contributed by atoms with Crippen molar-refractivity contribution in [3.05, 3.63) is 29.6 Å². The van der Waals surface area contributed by atoms with Crippen molar-refractivity contribution in [3.63, 3.8) is 0 Å². The van der Waals surface area contributed by atoms with Gasteiger partial charge in [-0.15, -0.1) is 0 Å². The zero-order valence-electron chi connectivity index (χ0n) is 13.9. The Morgan fingerprint density at radius 2 is 2.00 bits per heavy atom. The van der Waals surface area contributed by atoms with Gasteiger partial charge in [-0.2, -0.15) is 0 Å². The summed E-state index contributed by atoms with van der Waals surface area (Å²) in [4.78, 5) is 2.22. The molecule has 0 atom stereocenters. The van der Waals surface area contributed by atoms with E-state index in [0.717, 1.165) is 36.7 Å². The van der Waals surface area contributed by atoms with Gasteiger partial charge in [0.25, 0.3) is 0 Å². The Labute approximate surface area is 128 Å². The predicted molar refractivity (Wildman–Crippen MR) is 88.2 cm³/mol. The molecule has 0 aromatic heterocycles. The molecule has 0 heterocycles. The molecule has 0 spiro atoms.